The summed E-state index contributed by atoms with van der Waals surface area (Å²) in [6.07, 6.45) is 0.346. The lowest BCUT2D eigenvalue weighted by Crippen LogP contribution is -2.21. The van der Waals surface area contributed by atoms with E-state index in [1.807, 2.05) is 13.8 Å². The highest BCUT2D eigenvalue weighted by atomic mass is 79.9. The van der Waals surface area contributed by atoms with Crippen molar-refractivity contribution in [3.8, 4) is 0 Å². The number of rotatable bonds is 4. The minimum absolute atomic E-state index is 0.182. The summed E-state index contributed by atoms with van der Waals surface area (Å²) in [5.74, 6) is -0.777. The first kappa shape index (κ1) is 12.9. The van der Waals surface area contributed by atoms with Gasteiger partial charge in [0.15, 0.2) is 0 Å². The molecule has 0 aliphatic heterocycles. The molecule has 0 amide bonds. The molecule has 0 aliphatic rings. The van der Waals surface area contributed by atoms with E-state index < -0.39 is 13.4 Å². The normalized spacial score (nSPS) is 15.7. The Labute approximate surface area is 85.5 Å². The Morgan fingerprint density at radius 1 is 1.58 bits per heavy atom. The van der Waals surface area contributed by atoms with E-state index in [4.69, 9.17) is 21.6 Å². The van der Waals surface area contributed by atoms with Crippen LogP contribution in [0, 0.1) is 5.92 Å². The fourth-order valence-corrected chi connectivity index (χ4v) is 2.98. The van der Waals surface area contributed by atoms with E-state index in [9.17, 15) is 4.57 Å². The molecule has 0 aromatic rings. The van der Waals surface area contributed by atoms with Crippen LogP contribution in [0.5, 0.6) is 0 Å². The zero-order valence-corrected chi connectivity index (χ0v) is 10.1. The van der Waals surface area contributed by atoms with Gasteiger partial charge in [0.1, 0.15) is 5.78 Å². The first-order valence-corrected chi connectivity index (χ1v) is 6.14. The van der Waals surface area contributed by atoms with E-state index in [-0.39, 0.29) is 5.92 Å². The van der Waals surface area contributed by atoms with Gasteiger partial charge in [-0.05, 0) is 24.1 Å². The van der Waals surface area contributed by atoms with E-state index in [1.165, 1.54) is 0 Å². The van der Waals surface area contributed by atoms with Crippen LogP contribution < -0.4 is 0 Å². The van der Waals surface area contributed by atoms with Gasteiger partial charge in [0.25, 0.3) is 0 Å². The fraction of sp³-hybridized carbons (Fsp3) is 1.00. The van der Waals surface area contributed by atoms with Crippen LogP contribution in [0.3, 0.4) is 0 Å². The molecule has 0 bridgehead atoms. The highest BCUT2D eigenvalue weighted by molar-refractivity contribution is 9.08. The molecule has 1 atom stereocenters. The summed E-state index contributed by atoms with van der Waals surface area (Å²) in [7, 11) is -4.14. The largest absolute Gasteiger partial charge is 0.344 e. The smallest absolute Gasteiger partial charge is 0.323 e. The van der Waals surface area contributed by atoms with Gasteiger partial charge < -0.3 is 9.79 Å². The highest BCUT2D eigenvalue weighted by Gasteiger charge is 2.33. The van der Waals surface area contributed by atoms with E-state index in [2.05, 4.69) is 16.1 Å². The SMILES string of the molecule is CC(C)CC(N(Cl)Br)P(=O)(O)O. The Morgan fingerprint density at radius 3 is 2.08 bits per heavy atom. The lowest BCUT2D eigenvalue weighted by molar-refractivity contribution is 0.327. The molecule has 0 heterocycles. The second-order valence-corrected chi connectivity index (χ2v) is 6.27. The van der Waals surface area contributed by atoms with Crippen LogP contribution in [-0.2, 0) is 4.57 Å². The van der Waals surface area contributed by atoms with Gasteiger partial charge in [-0.25, -0.2) is 0 Å². The average molecular weight is 280 g/mol. The topological polar surface area (TPSA) is 60.8 Å². The molecule has 0 fully saturated rings. The predicted octanol–water partition coefficient (Wildman–Crippen LogP) is 2.30. The van der Waals surface area contributed by atoms with Gasteiger partial charge in [-0.15, -0.1) is 3.45 Å². The summed E-state index contributed by atoms with van der Waals surface area (Å²) >= 11 is 8.24. The maximum absolute atomic E-state index is 10.8. The number of hydrogen-bond donors (Lipinski definition) is 2. The van der Waals surface area contributed by atoms with Crippen LogP contribution in [0.25, 0.3) is 0 Å². The quantitative estimate of drug-likeness (QED) is 0.613. The van der Waals surface area contributed by atoms with E-state index in [1.54, 1.807) is 0 Å². The van der Waals surface area contributed by atoms with Gasteiger partial charge in [0, 0.05) is 16.1 Å². The molecular formula is C5H12BrClNO3P. The van der Waals surface area contributed by atoms with Crippen LogP contribution in [0.1, 0.15) is 20.3 Å². The maximum Gasteiger partial charge on any atom is 0.344 e. The molecule has 4 nitrogen and oxygen atoms in total. The zero-order valence-electron chi connectivity index (χ0n) is 6.81. The van der Waals surface area contributed by atoms with Gasteiger partial charge in [-0.1, -0.05) is 13.8 Å². The Bertz CT molecular complexity index is 184. The molecule has 12 heavy (non-hydrogen) atoms. The molecule has 0 aliphatic carbocycles. The van der Waals surface area contributed by atoms with E-state index in [0.717, 1.165) is 3.45 Å². The Hall–Kier alpha value is 0.880. The molecule has 0 aromatic heterocycles. The summed E-state index contributed by atoms with van der Waals surface area (Å²) in [6, 6.07) is 0. The number of nitrogens with zero attached hydrogens (tertiary/aromatic N) is 1. The van der Waals surface area contributed by atoms with Crippen molar-refractivity contribution in [2.75, 3.05) is 0 Å². The summed E-state index contributed by atoms with van der Waals surface area (Å²) < 4.78 is 11.7. The molecular weight excluding hydrogens is 268 g/mol. The van der Waals surface area contributed by atoms with Crippen molar-refractivity contribution in [2.24, 2.45) is 5.92 Å². The van der Waals surface area contributed by atoms with Gasteiger partial charge in [-0.3, -0.25) is 4.57 Å². The van der Waals surface area contributed by atoms with Crippen LogP contribution in [-0.4, -0.2) is 19.0 Å². The third kappa shape index (κ3) is 4.80. The van der Waals surface area contributed by atoms with Crippen molar-refractivity contribution < 1.29 is 14.4 Å². The monoisotopic (exact) mass is 279 g/mol. The standard InChI is InChI=1S/C5H12BrClNO3P/c1-4(2)3-5(8(6)7)12(9,10)11/h4-5H,3H2,1-2H3,(H2,9,10,11). The van der Waals surface area contributed by atoms with Gasteiger partial charge in [-0.2, -0.15) is 0 Å². The molecule has 0 saturated heterocycles. The van der Waals surface area contributed by atoms with Crippen molar-refractivity contribution >= 4 is 35.5 Å². The summed E-state index contributed by atoms with van der Waals surface area (Å²) in [4.78, 5) is 17.7. The molecule has 74 valence electrons. The molecule has 0 saturated carbocycles. The third-order valence-corrected chi connectivity index (χ3v) is 3.70. The molecule has 7 heteroatoms. The Morgan fingerprint density at radius 2 is 2.00 bits per heavy atom. The van der Waals surface area contributed by atoms with Crippen LogP contribution in [0.2, 0.25) is 0 Å². The van der Waals surface area contributed by atoms with Gasteiger partial charge in [0.2, 0.25) is 0 Å². The molecule has 0 aromatic carbocycles. The van der Waals surface area contributed by atoms with Crippen LogP contribution in [0.4, 0.5) is 0 Å². The lowest BCUT2D eigenvalue weighted by atomic mass is 10.1. The van der Waals surface area contributed by atoms with E-state index in [0.29, 0.717) is 6.42 Å². The summed E-state index contributed by atoms with van der Waals surface area (Å²) in [5, 5.41) is 0. The van der Waals surface area contributed by atoms with Gasteiger partial charge >= 0.3 is 7.60 Å². The van der Waals surface area contributed by atoms with Crippen molar-refractivity contribution in [1.29, 1.82) is 0 Å². The Kier molecular flexibility index (Phi) is 5.30. The first-order valence-electron chi connectivity index (χ1n) is 3.41. The molecule has 1 unspecified atom stereocenters. The van der Waals surface area contributed by atoms with Gasteiger partial charge in [0.05, 0.1) is 0 Å². The van der Waals surface area contributed by atoms with Crippen LogP contribution in [0.15, 0.2) is 0 Å². The molecule has 0 rings (SSSR count). The van der Waals surface area contributed by atoms with Crippen molar-refractivity contribution in [3.05, 3.63) is 0 Å². The average Bonchev–Trinajstić information content (AvgIpc) is 1.79. The van der Waals surface area contributed by atoms with E-state index >= 15 is 0 Å². The minimum atomic E-state index is -4.14. The predicted molar refractivity (Wildman–Crippen MR) is 51.9 cm³/mol. The van der Waals surface area contributed by atoms with Crippen LogP contribution >= 0.6 is 35.5 Å². The second kappa shape index (κ2) is 4.94. The Balaban J connectivity index is 4.36. The highest BCUT2D eigenvalue weighted by Crippen LogP contribution is 2.47. The number of hydrogen-bond acceptors (Lipinski definition) is 2. The second-order valence-electron chi connectivity index (χ2n) is 2.96. The molecule has 2 N–H and O–H groups in total. The molecule has 0 spiro atoms. The third-order valence-electron chi connectivity index (χ3n) is 1.30. The minimum Gasteiger partial charge on any atom is -0.323 e. The van der Waals surface area contributed by atoms with Crippen molar-refractivity contribution in [2.45, 2.75) is 26.1 Å². The molecule has 0 radical (unpaired) electrons. The number of halogens is 2. The summed E-state index contributed by atoms with van der Waals surface area (Å²) in [6.45, 7) is 3.74. The fourth-order valence-electron chi connectivity index (χ4n) is 0.752. The lowest BCUT2D eigenvalue weighted by Gasteiger charge is -2.22. The summed E-state index contributed by atoms with van der Waals surface area (Å²) in [5.41, 5.74) is 0. The van der Waals surface area contributed by atoms with Crippen molar-refractivity contribution in [3.63, 3.8) is 0 Å². The van der Waals surface area contributed by atoms with Crippen molar-refractivity contribution in [1.82, 2.24) is 3.45 Å². The zero-order chi connectivity index (χ0) is 9.94. The maximum atomic E-state index is 10.8. The first-order chi connectivity index (χ1) is 5.25.